The van der Waals surface area contributed by atoms with Gasteiger partial charge in [-0.3, -0.25) is 19.7 Å². The SMILES string of the molecule is CCCCCN1C(=O)C(=O)/C(=C(\O)c2cccc([N+](=O)[O-])c2)C1c1ccc(Cl)cc1. The number of carbonyl (C=O) groups is 2. The molecule has 1 unspecified atom stereocenters. The van der Waals surface area contributed by atoms with Crippen molar-refractivity contribution in [2.45, 2.75) is 32.2 Å². The predicted octanol–water partition coefficient (Wildman–Crippen LogP) is 4.86. The summed E-state index contributed by atoms with van der Waals surface area (Å²) in [6.07, 6.45) is 2.55. The van der Waals surface area contributed by atoms with Gasteiger partial charge in [0.2, 0.25) is 0 Å². The lowest BCUT2D eigenvalue weighted by Crippen LogP contribution is -2.30. The zero-order valence-electron chi connectivity index (χ0n) is 16.4. The summed E-state index contributed by atoms with van der Waals surface area (Å²) in [5.74, 6) is -1.94. The third-order valence-corrected chi connectivity index (χ3v) is 5.31. The fourth-order valence-electron chi connectivity index (χ4n) is 3.56. The van der Waals surface area contributed by atoms with Crippen LogP contribution in [0.2, 0.25) is 5.02 Å². The number of hydrogen-bond donors (Lipinski definition) is 1. The van der Waals surface area contributed by atoms with Crippen LogP contribution in [0.4, 0.5) is 5.69 Å². The highest BCUT2D eigenvalue weighted by Crippen LogP contribution is 2.40. The number of Topliss-reactive ketones (excluding diaryl/α,β-unsaturated/α-hetero) is 1. The molecule has 3 rings (SSSR count). The summed E-state index contributed by atoms with van der Waals surface area (Å²) < 4.78 is 0. The van der Waals surface area contributed by atoms with E-state index in [0.717, 1.165) is 12.8 Å². The van der Waals surface area contributed by atoms with Crippen LogP contribution in [0, 0.1) is 10.1 Å². The molecule has 1 saturated heterocycles. The average molecular weight is 429 g/mol. The molecule has 1 aliphatic rings. The quantitative estimate of drug-likeness (QED) is 0.169. The van der Waals surface area contributed by atoms with Gasteiger partial charge in [-0.25, -0.2) is 0 Å². The van der Waals surface area contributed by atoms with Crippen molar-refractivity contribution in [1.29, 1.82) is 0 Å². The Labute approximate surface area is 178 Å². The molecule has 0 aliphatic carbocycles. The first-order valence-corrected chi connectivity index (χ1v) is 10.0. The van der Waals surface area contributed by atoms with E-state index in [-0.39, 0.29) is 16.8 Å². The minimum atomic E-state index is -0.810. The van der Waals surface area contributed by atoms with Crippen LogP contribution in [-0.4, -0.2) is 33.2 Å². The molecule has 0 radical (unpaired) electrons. The smallest absolute Gasteiger partial charge is 0.295 e. The van der Waals surface area contributed by atoms with Gasteiger partial charge in [-0.1, -0.05) is 55.6 Å². The number of aliphatic hydroxyl groups excluding tert-OH is 1. The van der Waals surface area contributed by atoms with Gasteiger partial charge < -0.3 is 10.0 Å². The van der Waals surface area contributed by atoms with E-state index in [1.165, 1.54) is 29.2 Å². The molecule has 0 bridgehead atoms. The minimum Gasteiger partial charge on any atom is -0.507 e. The van der Waals surface area contributed by atoms with Crippen molar-refractivity contribution in [3.63, 3.8) is 0 Å². The monoisotopic (exact) mass is 428 g/mol. The molecule has 1 amide bonds. The molecule has 1 N–H and O–H groups in total. The van der Waals surface area contributed by atoms with Crippen molar-refractivity contribution in [3.8, 4) is 0 Å². The number of ketones is 1. The van der Waals surface area contributed by atoms with Crippen molar-refractivity contribution < 1.29 is 19.6 Å². The van der Waals surface area contributed by atoms with Crippen LogP contribution in [-0.2, 0) is 9.59 Å². The summed E-state index contributed by atoms with van der Waals surface area (Å²) in [5, 5.41) is 22.5. The van der Waals surface area contributed by atoms with Gasteiger partial charge in [-0.2, -0.15) is 0 Å². The number of nitro benzene ring substituents is 1. The number of unbranched alkanes of at least 4 members (excludes halogenated alkanes) is 2. The van der Waals surface area contributed by atoms with Crippen LogP contribution in [0.3, 0.4) is 0 Å². The molecule has 1 heterocycles. The molecule has 156 valence electrons. The minimum absolute atomic E-state index is 0.0840. The summed E-state index contributed by atoms with van der Waals surface area (Å²) in [7, 11) is 0. The number of hydrogen-bond acceptors (Lipinski definition) is 5. The van der Waals surface area contributed by atoms with Gasteiger partial charge in [0.05, 0.1) is 16.5 Å². The molecular formula is C22H21ClN2O5. The van der Waals surface area contributed by atoms with E-state index >= 15 is 0 Å². The van der Waals surface area contributed by atoms with E-state index in [4.69, 9.17) is 11.6 Å². The van der Waals surface area contributed by atoms with Gasteiger partial charge in [0.25, 0.3) is 17.4 Å². The Morgan fingerprint density at radius 1 is 1.17 bits per heavy atom. The van der Waals surface area contributed by atoms with Crippen molar-refractivity contribution >= 4 is 34.7 Å². The largest absolute Gasteiger partial charge is 0.507 e. The van der Waals surface area contributed by atoms with Crippen LogP contribution in [0.15, 0.2) is 54.1 Å². The van der Waals surface area contributed by atoms with Gasteiger partial charge in [0.15, 0.2) is 0 Å². The molecule has 0 aromatic heterocycles. The van der Waals surface area contributed by atoms with Crippen molar-refractivity contribution in [1.82, 2.24) is 4.90 Å². The Kier molecular flexibility index (Phi) is 6.52. The van der Waals surface area contributed by atoms with Crippen LogP contribution >= 0.6 is 11.6 Å². The number of non-ortho nitro benzene ring substituents is 1. The topological polar surface area (TPSA) is 101 Å². The standard InChI is InChI=1S/C22H21ClN2O5/c1-2-3-4-12-24-19(14-8-10-16(23)11-9-14)18(21(27)22(24)28)20(26)15-6-5-7-17(13-15)25(29)30/h5-11,13,19,26H,2-4,12H2,1H3/b20-18-. The zero-order chi connectivity index (χ0) is 21.8. The van der Waals surface area contributed by atoms with Gasteiger partial charge in [-0.05, 0) is 24.1 Å². The summed E-state index contributed by atoms with van der Waals surface area (Å²) >= 11 is 5.98. The maximum atomic E-state index is 12.9. The molecule has 1 aliphatic heterocycles. The molecule has 8 heteroatoms. The van der Waals surface area contributed by atoms with Gasteiger partial charge >= 0.3 is 0 Å². The second-order valence-corrected chi connectivity index (χ2v) is 7.50. The number of halogens is 1. The molecule has 0 saturated carbocycles. The van der Waals surface area contributed by atoms with Crippen LogP contribution in [0.1, 0.15) is 43.4 Å². The number of likely N-dealkylation sites (tertiary alicyclic amines) is 1. The van der Waals surface area contributed by atoms with Gasteiger partial charge in [0.1, 0.15) is 5.76 Å². The highest BCUT2D eigenvalue weighted by Gasteiger charge is 2.45. The van der Waals surface area contributed by atoms with E-state index in [0.29, 0.717) is 23.6 Å². The third kappa shape index (κ3) is 4.21. The number of benzene rings is 2. The molecule has 2 aromatic carbocycles. The number of aliphatic hydroxyl groups is 1. The maximum absolute atomic E-state index is 12.9. The Bertz CT molecular complexity index is 1020. The number of amides is 1. The first-order chi connectivity index (χ1) is 14.3. The Morgan fingerprint density at radius 3 is 2.50 bits per heavy atom. The highest BCUT2D eigenvalue weighted by molar-refractivity contribution is 6.46. The fourth-order valence-corrected chi connectivity index (χ4v) is 3.68. The average Bonchev–Trinajstić information content (AvgIpc) is 2.99. The lowest BCUT2D eigenvalue weighted by molar-refractivity contribution is -0.384. The lowest BCUT2D eigenvalue weighted by atomic mass is 9.95. The predicted molar refractivity (Wildman–Crippen MR) is 113 cm³/mol. The number of carbonyl (C=O) groups excluding carboxylic acids is 2. The summed E-state index contributed by atoms with van der Waals surface area (Å²) in [6, 6.07) is 11.3. The zero-order valence-corrected chi connectivity index (χ0v) is 17.1. The molecular weight excluding hydrogens is 408 g/mol. The molecule has 30 heavy (non-hydrogen) atoms. The Balaban J connectivity index is 2.13. The lowest BCUT2D eigenvalue weighted by Gasteiger charge is -2.25. The number of rotatable bonds is 7. The second-order valence-electron chi connectivity index (χ2n) is 7.06. The van der Waals surface area contributed by atoms with Crippen LogP contribution in [0.25, 0.3) is 5.76 Å². The molecule has 2 aromatic rings. The second kappa shape index (κ2) is 9.09. The van der Waals surface area contributed by atoms with E-state index in [1.807, 2.05) is 6.92 Å². The summed E-state index contributed by atoms with van der Waals surface area (Å²) in [4.78, 5) is 37.6. The third-order valence-electron chi connectivity index (χ3n) is 5.06. The van der Waals surface area contributed by atoms with Gasteiger partial charge in [0, 0.05) is 29.3 Å². The Hall–Kier alpha value is -3.19. The van der Waals surface area contributed by atoms with Crippen molar-refractivity contribution in [2.24, 2.45) is 0 Å². The van der Waals surface area contributed by atoms with Crippen molar-refractivity contribution in [2.75, 3.05) is 6.54 Å². The van der Waals surface area contributed by atoms with E-state index in [1.54, 1.807) is 24.3 Å². The summed E-state index contributed by atoms with van der Waals surface area (Å²) in [5.41, 5.74) is 0.426. The maximum Gasteiger partial charge on any atom is 0.295 e. The van der Waals surface area contributed by atoms with Crippen LogP contribution < -0.4 is 0 Å². The molecule has 1 fully saturated rings. The molecule has 7 nitrogen and oxygen atoms in total. The first kappa shape index (κ1) is 21.5. The number of nitro groups is 1. The number of nitrogens with zero attached hydrogens (tertiary/aromatic N) is 2. The molecule has 1 atom stereocenters. The van der Waals surface area contributed by atoms with E-state index in [9.17, 15) is 24.8 Å². The van der Waals surface area contributed by atoms with Gasteiger partial charge in [-0.15, -0.1) is 0 Å². The van der Waals surface area contributed by atoms with E-state index in [2.05, 4.69) is 0 Å². The molecule has 0 spiro atoms. The Morgan fingerprint density at radius 2 is 1.87 bits per heavy atom. The normalized spacial score (nSPS) is 18.1. The van der Waals surface area contributed by atoms with Crippen molar-refractivity contribution in [3.05, 3.63) is 80.4 Å². The van der Waals surface area contributed by atoms with Crippen LogP contribution in [0.5, 0.6) is 0 Å². The highest BCUT2D eigenvalue weighted by atomic mass is 35.5. The van der Waals surface area contributed by atoms with E-state index < -0.39 is 28.4 Å². The fraction of sp³-hybridized carbons (Fsp3) is 0.273. The first-order valence-electron chi connectivity index (χ1n) is 9.63. The summed E-state index contributed by atoms with van der Waals surface area (Å²) in [6.45, 7) is 2.39.